The number of nitrogens with one attached hydrogen (secondary N) is 2. The molecule has 0 fully saturated rings. The summed E-state index contributed by atoms with van der Waals surface area (Å²) in [5.41, 5.74) is 5.42. The van der Waals surface area contributed by atoms with Crippen LogP contribution in [0.2, 0.25) is 0 Å². The van der Waals surface area contributed by atoms with Gasteiger partial charge < -0.3 is 15.7 Å². The summed E-state index contributed by atoms with van der Waals surface area (Å²) in [7, 11) is 0. The molecule has 6 nitrogen and oxygen atoms in total. The molecule has 0 aliphatic carbocycles. The minimum atomic E-state index is -0.937. The van der Waals surface area contributed by atoms with Crippen molar-refractivity contribution in [3.8, 4) is 11.1 Å². The number of carbonyl (C=O) groups is 2. The first kappa shape index (κ1) is 25.5. The Morgan fingerprint density at radius 2 is 1.54 bits per heavy atom. The van der Waals surface area contributed by atoms with Crippen LogP contribution in [0.4, 0.5) is 11.4 Å². The molecular weight excluding hydrogens is 438 g/mol. The molecule has 0 bridgehead atoms. The minimum absolute atomic E-state index is 0.0989. The quantitative estimate of drug-likeness (QED) is 0.200. The zero-order valence-corrected chi connectivity index (χ0v) is 20.0. The Balaban J connectivity index is 1.69. The molecule has 3 aromatic carbocycles. The first-order valence-electron chi connectivity index (χ1n) is 11.9. The van der Waals surface area contributed by atoms with Crippen molar-refractivity contribution >= 4 is 23.3 Å². The van der Waals surface area contributed by atoms with Crippen LogP contribution < -0.4 is 10.6 Å². The second-order valence-corrected chi connectivity index (χ2v) is 8.45. The summed E-state index contributed by atoms with van der Waals surface area (Å²) in [5, 5.41) is 15.0. The third kappa shape index (κ3) is 7.72. The molecular formula is C29H31N3O3. The van der Waals surface area contributed by atoms with Crippen LogP contribution in [0.15, 0.2) is 72.8 Å². The van der Waals surface area contributed by atoms with Crippen LogP contribution in [0.25, 0.3) is 16.0 Å². The van der Waals surface area contributed by atoms with Gasteiger partial charge in [-0.3, -0.25) is 9.59 Å². The number of amides is 1. The van der Waals surface area contributed by atoms with Gasteiger partial charge in [-0.2, -0.15) is 0 Å². The van der Waals surface area contributed by atoms with Crippen molar-refractivity contribution in [1.82, 2.24) is 5.32 Å². The largest absolute Gasteiger partial charge is 0.481 e. The maximum atomic E-state index is 12.3. The third-order valence-corrected chi connectivity index (χ3v) is 5.85. The van der Waals surface area contributed by atoms with E-state index in [4.69, 9.17) is 11.7 Å². The fourth-order valence-corrected chi connectivity index (χ4v) is 3.86. The Morgan fingerprint density at radius 1 is 0.914 bits per heavy atom. The van der Waals surface area contributed by atoms with Gasteiger partial charge in [0.1, 0.15) is 0 Å². The number of rotatable bonds is 12. The Labute approximate surface area is 206 Å². The highest BCUT2D eigenvalue weighted by molar-refractivity contribution is 5.94. The molecule has 1 atom stereocenters. The molecule has 1 amide bonds. The van der Waals surface area contributed by atoms with Crippen LogP contribution in [0.3, 0.4) is 0 Å². The van der Waals surface area contributed by atoms with Gasteiger partial charge in [0, 0.05) is 17.8 Å². The van der Waals surface area contributed by atoms with E-state index in [2.05, 4.69) is 46.7 Å². The number of nitrogens with zero attached hydrogens (tertiary/aromatic N) is 1. The van der Waals surface area contributed by atoms with Crippen LogP contribution in [0.5, 0.6) is 0 Å². The Morgan fingerprint density at radius 3 is 2.11 bits per heavy atom. The SMILES string of the molecule is [C-]#[N+]c1ccc(-c2ccc(NC(CCCCC)c3ccc(C(=O)NCCC(=O)O)cc3)cc2)cc1. The molecule has 0 saturated carbocycles. The molecule has 3 N–H and O–H groups in total. The standard InChI is InChI=1S/C29H31N3O3/c1-3-4-5-6-27(23-7-9-24(10-8-23)29(35)31-20-19-28(33)34)32-26-17-13-22(14-18-26)21-11-15-25(30-2)16-12-21/h7-18,27,32H,3-6,19-20H2,1H3,(H,31,35)(H,33,34). The van der Waals surface area contributed by atoms with E-state index in [1.807, 2.05) is 36.4 Å². The average molecular weight is 470 g/mol. The molecule has 0 heterocycles. The summed E-state index contributed by atoms with van der Waals surface area (Å²) in [6.07, 6.45) is 4.26. The van der Waals surface area contributed by atoms with Crippen molar-refractivity contribution in [3.63, 3.8) is 0 Å². The number of benzene rings is 3. The molecule has 35 heavy (non-hydrogen) atoms. The summed E-state index contributed by atoms with van der Waals surface area (Å²) >= 11 is 0. The number of carbonyl (C=O) groups excluding carboxylic acids is 1. The van der Waals surface area contributed by atoms with Gasteiger partial charge in [-0.1, -0.05) is 74.7 Å². The predicted octanol–water partition coefficient (Wildman–Crippen LogP) is 6.84. The van der Waals surface area contributed by atoms with Crippen molar-refractivity contribution < 1.29 is 14.7 Å². The van der Waals surface area contributed by atoms with Crippen molar-refractivity contribution in [2.75, 3.05) is 11.9 Å². The van der Waals surface area contributed by atoms with Crippen molar-refractivity contribution in [3.05, 3.63) is 95.3 Å². The van der Waals surface area contributed by atoms with E-state index in [0.29, 0.717) is 11.3 Å². The number of hydrogen-bond acceptors (Lipinski definition) is 3. The highest BCUT2D eigenvalue weighted by Crippen LogP contribution is 2.28. The maximum Gasteiger partial charge on any atom is 0.305 e. The van der Waals surface area contributed by atoms with Crippen LogP contribution in [0.1, 0.15) is 61.0 Å². The molecule has 0 aliphatic rings. The van der Waals surface area contributed by atoms with Gasteiger partial charge in [0.05, 0.1) is 19.0 Å². The summed E-state index contributed by atoms with van der Waals surface area (Å²) in [4.78, 5) is 26.3. The van der Waals surface area contributed by atoms with Crippen LogP contribution in [0, 0.1) is 6.57 Å². The lowest BCUT2D eigenvalue weighted by atomic mass is 9.98. The van der Waals surface area contributed by atoms with E-state index in [9.17, 15) is 9.59 Å². The number of anilines is 1. The summed E-state index contributed by atoms with van der Waals surface area (Å²) in [6.45, 7) is 9.39. The number of unbranched alkanes of at least 4 members (excludes halogenated alkanes) is 2. The Kier molecular flexibility index (Phi) is 9.44. The number of carboxylic acids is 1. The topological polar surface area (TPSA) is 82.8 Å². The van der Waals surface area contributed by atoms with Gasteiger partial charge in [-0.25, -0.2) is 4.85 Å². The molecule has 0 aliphatic heterocycles. The second kappa shape index (κ2) is 13.0. The highest BCUT2D eigenvalue weighted by Gasteiger charge is 2.13. The van der Waals surface area contributed by atoms with Crippen LogP contribution in [-0.4, -0.2) is 23.5 Å². The van der Waals surface area contributed by atoms with Crippen molar-refractivity contribution in [2.45, 2.75) is 45.1 Å². The molecule has 0 radical (unpaired) electrons. The summed E-state index contributed by atoms with van der Waals surface area (Å²) in [6, 6.07) is 23.5. The van der Waals surface area contributed by atoms with Gasteiger partial charge in [0.25, 0.3) is 5.91 Å². The molecule has 0 saturated heterocycles. The van der Waals surface area contributed by atoms with E-state index >= 15 is 0 Å². The molecule has 3 aromatic rings. The van der Waals surface area contributed by atoms with Crippen LogP contribution >= 0.6 is 0 Å². The van der Waals surface area contributed by atoms with Crippen molar-refractivity contribution in [1.29, 1.82) is 0 Å². The first-order valence-corrected chi connectivity index (χ1v) is 11.9. The van der Waals surface area contributed by atoms with Gasteiger partial charge in [-0.15, -0.1) is 0 Å². The van der Waals surface area contributed by atoms with Gasteiger partial charge in [0.2, 0.25) is 0 Å². The van der Waals surface area contributed by atoms with Gasteiger partial charge in [0.15, 0.2) is 5.69 Å². The summed E-state index contributed by atoms with van der Waals surface area (Å²) < 4.78 is 0. The van der Waals surface area contributed by atoms with E-state index in [-0.39, 0.29) is 24.9 Å². The molecule has 180 valence electrons. The molecule has 1 unspecified atom stereocenters. The first-order chi connectivity index (χ1) is 17.0. The predicted molar refractivity (Wildman–Crippen MR) is 140 cm³/mol. The van der Waals surface area contributed by atoms with E-state index in [1.165, 1.54) is 0 Å². The fraction of sp³-hybridized carbons (Fsp3) is 0.276. The third-order valence-electron chi connectivity index (χ3n) is 5.85. The average Bonchev–Trinajstić information content (AvgIpc) is 2.88. The zero-order valence-electron chi connectivity index (χ0n) is 20.0. The smallest absolute Gasteiger partial charge is 0.305 e. The number of aliphatic carboxylic acids is 1. The number of hydrogen-bond donors (Lipinski definition) is 3. The highest BCUT2D eigenvalue weighted by atomic mass is 16.4. The lowest BCUT2D eigenvalue weighted by Crippen LogP contribution is -2.26. The Hall–Kier alpha value is -4.11. The minimum Gasteiger partial charge on any atom is -0.481 e. The van der Waals surface area contributed by atoms with Crippen molar-refractivity contribution in [2.24, 2.45) is 0 Å². The molecule has 0 spiro atoms. The maximum absolute atomic E-state index is 12.3. The van der Waals surface area contributed by atoms with Gasteiger partial charge >= 0.3 is 5.97 Å². The Bertz CT molecular complexity index is 1150. The van der Waals surface area contributed by atoms with E-state index in [0.717, 1.165) is 48.1 Å². The second-order valence-electron chi connectivity index (χ2n) is 8.45. The molecule has 6 heteroatoms. The van der Waals surface area contributed by atoms with E-state index < -0.39 is 5.97 Å². The normalized spacial score (nSPS) is 11.3. The molecule has 3 rings (SSSR count). The monoisotopic (exact) mass is 469 g/mol. The van der Waals surface area contributed by atoms with Gasteiger partial charge in [-0.05, 0) is 47.4 Å². The lowest BCUT2D eigenvalue weighted by Gasteiger charge is -2.21. The fourth-order valence-electron chi connectivity index (χ4n) is 3.86. The number of carboxylic acid groups (broad SMARTS) is 1. The molecule has 0 aromatic heterocycles. The van der Waals surface area contributed by atoms with Crippen LogP contribution in [-0.2, 0) is 4.79 Å². The zero-order chi connectivity index (χ0) is 25.0. The van der Waals surface area contributed by atoms with E-state index in [1.54, 1.807) is 12.1 Å². The lowest BCUT2D eigenvalue weighted by molar-refractivity contribution is -0.136. The summed E-state index contributed by atoms with van der Waals surface area (Å²) in [5.74, 6) is -1.21.